The van der Waals surface area contributed by atoms with E-state index in [9.17, 15) is 4.79 Å². The third-order valence-corrected chi connectivity index (χ3v) is 1.22. The first-order chi connectivity index (χ1) is 4.31. The van der Waals surface area contributed by atoms with Gasteiger partial charge >= 0.3 is 0 Å². The summed E-state index contributed by atoms with van der Waals surface area (Å²) in [4.78, 5) is 10.6. The molecule has 0 unspecified atom stereocenters. The standard InChI is InChI=1S/C7H15NO/c1-3-7(9)5-6-8-4-2/h8H,3-6H2,1-2H3. The van der Waals surface area contributed by atoms with Crippen LogP contribution in [0.3, 0.4) is 0 Å². The lowest BCUT2D eigenvalue weighted by Gasteiger charge is -1.97. The van der Waals surface area contributed by atoms with E-state index >= 15 is 0 Å². The van der Waals surface area contributed by atoms with Gasteiger partial charge in [0.2, 0.25) is 0 Å². The molecule has 0 radical (unpaired) electrons. The van der Waals surface area contributed by atoms with Crippen molar-refractivity contribution < 1.29 is 4.79 Å². The summed E-state index contributed by atoms with van der Waals surface area (Å²) in [6.45, 7) is 5.73. The predicted octanol–water partition coefficient (Wildman–Crippen LogP) is 0.965. The van der Waals surface area contributed by atoms with Gasteiger partial charge in [-0.3, -0.25) is 4.79 Å². The van der Waals surface area contributed by atoms with Gasteiger partial charge in [0.15, 0.2) is 0 Å². The van der Waals surface area contributed by atoms with E-state index in [2.05, 4.69) is 5.32 Å². The lowest BCUT2D eigenvalue weighted by atomic mass is 10.2. The molecule has 0 aliphatic rings. The number of hydrogen-bond acceptors (Lipinski definition) is 2. The monoisotopic (exact) mass is 129 g/mol. The molecule has 0 aromatic rings. The second kappa shape index (κ2) is 5.76. The lowest BCUT2D eigenvalue weighted by Crippen LogP contribution is -2.16. The molecular weight excluding hydrogens is 114 g/mol. The molecule has 0 spiro atoms. The van der Waals surface area contributed by atoms with Gasteiger partial charge in [-0.05, 0) is 6.54 Å². The Morgan fingerprint density at radius 3 is 2.56 bits per heavy atom. The van der Waals surface area contributed by atoms with Crippen LogP contribution in [0.1, 0.15) is 26.7 Å². The third-order valence-electron chi connectivity index (χ3n) is 1.22. The fourth-order valence-corrected chi connectivity index (χ4v) is 0.581. The van der Waals surface area contributed by atoms with Gasteiger partial charge in [-0.2, -0.15) is 0 Å². The van der Waals surface area contributed by atoms with E-state index in [0.29, 0.717) is 18.6 Å². The minimum absolute atomic E-state index is 0.343. The highest BCUT2D eigenvalue weighted by atomic mass is 16.1. The van der Waals surface area contributed by atoms with Gasteiger partial charge in [0.05, 0.1) is 0 Å². The van der Waals surface area contributed by atoms with Crippen molar-refractivity contribution in [2.45, 2.75) is 26.7 Å². The molecule has 54 valence electrons. The van der Waals surface area contributed by atoms with Crippen LogP contribution in [0.4, 0.5) is 0 Å². The van der Waals surface area contributed by atoms with Crippen LogP contribution in [0, 0.1) is 0 Å². The maximum atomic E-state index is 10.6. The zero-order valence-corrected chi connectivity index (χ0v) is 6.24. The highest BCUT2D eigenvalue weighted by molar-refractivity contribution is 5.78. The van der Waals surface area contributed by atoms with Crippen LogP contribution < -0.4 is 5.32 Å². The highest BCUT2D eigenvalue weighted by Gasteiger charge is 1.94. The number of rotatable bonds is 5. The number of hydrogen-bond donors (Lipinski definition) is 1. The lowest BCUT2D eigenvalue weighted by molar-refractivity contribution is -0.118. The molecule has 0 aliphatic carbocycles. The highest BCUT2D eigenvalue weighted by Crippen LogP contribution is 1.85. The molecule has 0 bridgehead atoms. The molecular formula is C7H15NO. The molecule has 2 nitrogen and oxygen atoms in total. The summed E-state index contributed by atoms with van der Waals surface area (Å²) in [5.74, 6) is 0.343. The minimum atomic E-state index is 0.343. The van der Waals surface area contributed by atoms with Crippen molar-refractivity contribution in [3.05, 3.63) is 0 Å². The zero-order valence-electron chi connectivity index (χ0n) is 6.24. The molecule has 0 saturated heterocycles. The van der Waals surface area contributed by atoms with Crippen molar-refractivity contribution in [1.82, 2.24) is 5.32 Å². The van der Waals surface area contributed by atoms with Gasteiger partial charge in [-0.1, -0.05) is 13.8 Å². The van der Waals surface area contributed by atoms with E-state index in [1.54, 1.807) is 0 Å². The van der Waals surface area contributed by atoms with E-state index in [4.69, 9.17) is 0 Å². The van der Waals surface area contributed by atoms with Gasteiger partial charge in [-0.15, -0.1) is 0 Å². The fourth-order valence-electron chi connectivity index (χ4n) is 0.581. The molecule has 0 aromatic heterocycles. The van der Waals surface area contributed by atoms with Crippen molar-refractivity contribution in [2.75, 3.05) is 13.1 Å². The van der Waals surface area contributed by atoms with Crippen molar-refractivity contribution in [3.63, 3.8) is 0 Å². The summed E-state index contributed by atoms with van der Waals surface area (Å²) in [6.07, 6.45) is 1.36. The summed E-state index contributed by atoms with van der Waals surface area (Å²) < 4.78 is 0. The predicted molar refractivity (Wildman–Crippen MR) is 38.5 cm³/mol. The second-order valence-electron chi connectivity index (χ2n) is 2.00. The van der Waals surface area contributed by atoms with Crippen LogP contribution in [-0.2, 0) is 4.79 Å². The molecule has 0 heterocycles. The maximum absolute atomic E-state index is 10.6. The fraction of sp³-hybridized carbons (Fsp3) is 0.857. The van der Waals surface area contributed by atoms with Gasteiger partial charge in [0.25, 0.3) is 0 Å². The largest absolute Gasteiger partial charge is 0.317 e. The molecule has 1 N–H and O–H groups in total. The Bertz CT molecular complexity index is 81.0. The third kappa shape index (κ3) is 5.50. The van der Waals surface area contributed by atoms with Crippen molar-refractivity contribution >= 4 is 5.78 Å². The summed E-state index contributed by atoms with van der Waals surface area (Å²) >= 11 is 0. The molecule has 0 amide bonds. The molecule has 9 heavy (non-hydrogen) atoms. The van der Waals surface area contributed by atoms with Crippen molar-refractivity contribution in [3.8, 4) is 0 Å². The first-order valence-corrected chi connectivity index (χ1v) is 3.53. The summed E-state index contributed by atoms with van der Waals surface area (Å²) in [5.41, 5.74) is 0. The van der Waals surface area contributed by atoms with Crippen LogP contribution in [0.2, 0.25) is 0 Å². The van der Waals surface area contributed by atoms with Crippen LogP contribution in [0.5, 0.6) is 0 Å². The molecule has 0 aliphatic heterocycles. The molecule has 0 fully saturated rings. The van der Waals surface area contributed by atoms with Crippen LogP contribution in [-0.4, -0.2) is 18.9 Å². The van der Waals surface area contributed by atoms with Crippen LogP contribution in [0.25, 0.3) is 0 Å². The molecule has 0 rings (SSSR count). The number of carbonyl (C=O) groups is 1. The van der Waals surface area contributed by atoms with Crippen molar-refractivity contribution in [1.29, 1.82) is 0 Å². The Kier molecular flexibility index (Phi) is 5.52. The Hall–Kier alpha value is -0.370. The molecule has 2 heteroatoms. The first-order valence-electron chi connectivity index (χ1n) is 3.53. The zero-order chi connectivity index (χ0) is 7.11. The minimum Gasteiger partial charge on any atom is -0.317 e. The number of ketones is 1. The van der Waals surface area contributed by atoms with Crippen LogP contribution >= 0.6 is 0 Å². The first kappa shape index (κ1) is 8.63. The Labute approximate surface area is 56.6 Å². The molecule has 0 saturated carbocycles. The SMILES string of the molecule is CCNCCC(=O)CC. The van der Waals surface area contributed by atoms with E-state index in [-0.39, 0.29) is 0 Å². The second-order valence-corrected chi connectivity index (χ2v) is 2.00. The summed E-state index contributed by atoms with van der Waals surface area (Å²) in [7, 11) is 0. The Balaban J connectivity index is 2.97. The van der Waals surface area contributed by atoms with E-state index < -0.39 is 0 Å². The topological polar surface area (TPSA) is 29.1 Å². The van der Waals surface area contributed by atoms with E-state index in [1.165, 1.54) is 0 Å². The van der Waals surface area contributed by atoms with Gasteiger partial charge in [0, 0.05) is 19.4 Å². The average Bonchev–Trinajstić information content (AvgIpc) is 1.89. The average molecular weight is 129 g/mol. The van der Waals surface area contributed by atoms with Gasteiger partial charge in [-0.25, -0.2) is 0 Å². The normalized spacial score (nSPS) is 9.56. The van der Waals surface area contributed by atoms with E-state index in [1.807, 2.05) is 13.8 Å². The summed E-state index contributed by atoms with van der Waals surface area (Å²) in [5, 5.41) is 3.09. The van der Waals surface area contributed by atoms with Gasteiger partial charge in [0.1, 0.15) is 5.78 Å². The van der Waals surface area contributed by atoms with Crippen LogP contribution in [0.15, 0.2) is 0 Å². The maximum Gasteiger partial charge on any atom is 0.133 e. The van der Waals surface area contributed by atoms with Crippen molar-refractivity contribution in [2.24, 2.45) is 0 Å². The van der Waals surface area contributed by atoms with E-state index in [0.717, 1.165) is 13.1 Å². The smallest absolute Gasteiger partial charge is 0.133 e. The quantitative estimate of drug-likeness (QED) is 0.560. The van der Waals surface area contributed by atoms with Gasteiger partial charge < -0.3 is 5.32 Å². The number of carbonyl (C=O) groups excluding carboxylic acids is 1. The Morgan fingerprint density at radius 1 is 1.44 bits per heavy atom. The summed E-state index contributed by atoms with van der Waals surface area (Å²) in [6, 6.07) is 0. The molecule has 0 atom stereocenters. The Morgan fingerprint density at radius 2 is 2.11 bits per heavy atom. The number of Topliss-reactive ketones (excluding diaryl/α,β-unsaturated/α-hetero) is 1. The number of nitrogens with one attached hydrogen (secondary N) is 1. The molecule has 0 aromatic carbocycles.